The molecular weight excluding hydrogens is 254 g/mol. The number of rotatable bonds is 5. The molecular formula is C15H17N3O2. The maximum Gasteiger partial charge on any atom is 0.324 e. The fourth-order valence-electron chi connectivity index (χ4n) is 2.79. The molecule has 1 atom stereocenters. The van der Waals surface area contributed by atoms with Crippen LogP contribution in [0.15, 0.2) is 36.9 Å². The van der Waals surface area contributed by atoms with Gasteiger partial charge in [0.2, 0.25) is 0 Å². The summed E-state index contributed by atoms with van der Waals surface area (Å²) in [5, 5.41) is 4.14. The number of ether oxygens (including phenoxy) is 1. The molecule has 3 rings (SSSR count). The van der Waals surface area contributed by atoms with E-state index in [4.69, 9.17) is 4.74 Å². The summed E-state index contributed by atoms with van der Waals surface area (Å²) >= 11 is 0. The zero-order valence-electron chi connectivity index (χ0n) is 11.5. The lowest BCUT2D eigenvalue weighted by atomic mass is 9.77. The fraction of sp³-hybridized carbons (Fsp3) is 0.400. The lowest BCUT2D eigenvalue weighted by Gasteiger charge is -2.25. The van der Waals surface area contributed by atoms with Crippen molar-refractivity contribution in [2.45, 2.75) is 38.1 Å². The van der Waals surface area contributed by atoms with Crippen molar-refractivity contribution in [1.29, 1.82) is 0 Å². The third-order valence-corrected chi connectivity index (χ3v) is 3.85. The van der Waals surface area contributed by atoms with Gasteiger partial charge < -0.3 is 4.74 Å². The van der Waals surface area contributed by atoms with Gasteiger partial charge in [0, 0.05) is 5.56 Å². The molecule has 1 aliphatic heterocycles. The van der Waals surface area contributed by atoms with Crippen LogP contribution in [-0.2, 0) is 16.8 Å². The van der Waals surface area contributed by atoms with Crippen molar-refractivity contribution in [2.75, 3.05) is 0 Å². The summed E-state index contributed by atoms with van der Waals surface area (Å²) in [7, 11) is 0. The number of para-hydroxylation sites is 1. The molecule has 0 fully saturated rings. The molecule has 5 nitrogen and oxygen atoms in total. The van der Waals surface area contributed by atoms with E-state index in [1.54, 1.807) is 11.0 Å². The molecule has 0 N–H and O–H groups in total. The summed E-state index contributed by atoms with van der Waals surface area (Å²) in [4.78, 5) is 16.5. The second kappa shape index (κ2) is 5.07. The Morgan fingerprint density at radius 3 is 2.95 bits per heavy atom. The summed E-state index contributed by atoms with van der Waals surface area (Å²) in [5.41, 5.74) is 0.328. The lowest BCUT2D eigenvalue weighted by molar-refractivity contribution is -0.139. The van der Waals surface area contributed by atoms with Crippen LogP contribution in [0, 0.1) is 0 Å². The molecule has 1 aromatic heterocycles. The summed E-state index contributed by atoms with van der Waals surface area (Å²) in [6.07, 6.45) is 5.90. The minimum absolute atomic E-state index is 0.178. The third kappa shape index (κ3) is 1.99. The van der Waals surface area contributed by atoms with E-state index in [2.05, 4.69) is 17.0 Å². The highest BCUT2D eigenvalue weighted by atomic mass is 16.5. The zero-order chi connectivity index (χ0) is 14.0. The van der Waals surface area contributed by atoms with Gasteiger partial charge in [-0.1, -0.05) is 38.0 Å². The summed E-state index contributed by atoms with van der Waals surface area (Å²) in [6.45, 7) is 2.60. The largest absolute Gasteiger partial charge is 0.425 e. The Labute approximate surface area is 117 Å². The highest BCUT2D eigenvalue weighted by Crippen LogP contribution is 2.44. The van der Waals surface area contributed by atoms with Gasteiger partial charge in [-0.3, -0.25) is 9.48 Å². The minimum Gasteiger partial charge on any atom is -0.425 e. The van der Waals surface area contributed by atoms with E-state index < -0.39 is 5.41 Å². The first-order chi connectivity index (χ1) is 9.76. The van der Waals surface area contributed by atoms with E-state index in [9.17, 15) is 4.79 Å². The molecule has 2 aromatic rings. The van der Waals surface area contributed by atoms with E-state index in [0.29, 0.717) is 12.3 Å². The number of nitrogens with zero attached hydrogens (tertiary/aromatic N) is 3. The topological polar surface area (TPSA) is 57.0 Å². The normalized spacial score (nSPS) is 20.8. The third-order valence-electron chi connectivity index (χ3n) is 3.85. The molecule has 0 aliphatic carbocycles. The van der Waals surface area contributed by atoms with Crippen molar-refractivity contribution in [3.63, 3.8) is 0 Å². The quantitative estimate of drug-likeness (QED) is 0.618. The molecule has 2 heterocycles. The minimum atomic E-state index is -0.639. The van der Waals surface area contributed by atoms with Crippen LogP contribution in [0.2, 0.25) is 0 Å². The first-order valence-electron chi connectivity index (χ1n) is 6.90. The maximum atomic E-state index is 12.5. The molecule has 0 saturated heterocycles. The van der Waals surface area contributed by atoms with E-state index >= 15 is 0 Å². The van der Waals surface area contributed by atoms with Gasteiger partial charge in [0.05, 0.1) is 6.54 Å². The van der Waals surface area contributed by atoms with E-state index in [-0.39, 0.29) is 5.97 Å². The zero-order valence-corrected chi connectivity index (χ0v) is 11.5. The Morgan fingerprint density at radius 2 is 2.20 bits per heavy atom. The number of hydrogen-bond acceptors (Lipinski definition) is 4. The maximum absolute atomic E-state index is 12.5. The molecule has 0 radical (unpaired) electrons. The molecule has 0 amide bonds. The standard InChI is InChI=1S/C15H17N3O2/c1-2-3-8-15(9-18-11-16-10-17-18)12-6-4-5-7-13(12)20-14(15)19/h4-7,10-11H,2-3,8-9H2,1H3. The molecule has 0 saturated carbocycles. The van der Waals surface area contributed by atoms with Crippen LogP contribution in [0.25, 0.3) is 0 Å². The number of hydrogen-bond donors (Lipinski definition) is 0. The van der Waals surface area contributed by atoms with Gasteiger partial charge >= 0.3 is 5.97 Å². The second-order valence-electron chi connectivity index (χ2n) is 5.16. The molecule has 5 heteroatoms. The number of aromatic nitrogens is 3. The van der Waals surface area contributed by atoms with Gasteiger partial charge in [0.1, 0.15) is 23.8 Å². The van der Waals surface area contributed by atoms with Gasteiger partial charge in [-0.05, 0) is 12.5 Å². The second-order valence-corrected chi connectivity index (χ2v) is 5.16. The predicted octanol–water partition coefficient (Wildman–Crippen LogP) is 2.33. The van der Waals surface area contributed by atoms with E-state index in [1.165, 1.54) is 6.33 Å². The van der Waals surface area contributed by atoms with Crippen LogP contribution >= 0.6 is 0 Å². The Hall–Kier alpha value is -2.17. The number of carbonyl (C=O) groups is 1. The van der Waals surface area contributed by atoms with Crippen LogP contribution in [-0.4, -0.2) is 20.7 Å². The highest BCUT2D eigenvalue weighted by molar-refractivity contribution is 5.90. The van der Waals surface area contributed by atoms with Crippen molar-refractivity contribution >= 4 is 5.97 Å². The first kappa shape index (κ1) is 12.8. The Kier molecular flexibility index (Phi) is 3.26. The van der Waals surface area contributed by atoms with E-state index in [0.717, 1.165) is 24.8 Å². The molecule has 1 unspecified atom stereocenters. The molecule has 0 bridgehead atoms. The van der Waals surface area contributed by atoms with E-state index in [1.807, 2.05) is 24.3 Å². The van der Waals surface area contributed by atoms with Crippen LogP contribution < -0.4 is 4.74 Å². The average molecular weight is 271 g/mol. The van der Waals surface area contributed by atoms with Crippen molar-refractivity contribution in [1.82, 2.24) is 14.8 Å². The van der Waals surface area contributed by atoms with Crippen LogP contribution in [0.1, 0.15) is 31.7 Å². The number of benzene rings is 1. The van der Waals surface area contributed by atoms with Crippen molar-refractivity contribution in [3.8, 4) is 5.75 Å². The van der Waals surface area contributed by atoms with Crippen molar-refractivity contribution < 1.29 is 9.53 Å². The van der Waals surface area contributed by atoms with Gasteiger partial charge in [-0.25, -0.2) is 4.98 Å². The van der Waals surface area contributed by atoms with Crippen LogP contribution in [0.4, 0.5) is 0 Å². The first-order valence-corrected chi connectivity index (χ1v) is 6.90. The highest BCUT2D eigenvalue weighted by Gasteiger charge is 2.48. The number of unbranched alkanes of at least 4 members (excludes halogenated alkanes) is 1. The molecule has 0 spiro atoms. The fourth-order valence-corrected chi connectivity index (χ4v) is 2.79. The van der Waals surface area contributed by atoms with Gasteiger partial charge in [0.15, 0.2) is 0 Å². The average Bonchev–Trinajstić information content (AvgIpc) is 3.05. The molecule has 104 valence electrons. The Balaban J connectivity index is 2.03. The number of fused-ring (bicyclic) bond motifs is 1. The van der Waals surface area contributed by atoms with Crippen LogP contribution in [0.5, 0.6) is 5.75 Å². The van der Waals surface area contributed by atoms with Gasteiger partial charge in [-0.15, -0.1) is 0 Å². The summed E-state index contributed by atoms with van der Waals surface area (Å²) in [5.74, 6) is 0.497. The Morgan fingerprint density at radius 1 is 1.35 bits per heavy atom. The van der Waals surface area contributed by atoms with Crippen LogP contribution in [0.3, 0.4) is 0 Å². The predicted molar refractivity (Wildman–Crippen MR) is 73.3 cm³/mol. The number of carbonyl (C=O) groups excluding carboxylic acids is 1. The van der Waals surface area contributed by atoms with Crippen molar-refractivity contribution in [2.24, 2.45) is 0 Å². The Bertz CT molecular complexity index is 609. The summed E-state index contributed by atoms with van der Waals surface area (Å²) in [6, 6.07) is 7.66. The molecule has 1 aliphatic rings. The van der Waals surface area contributed by atoms with Gasteiger partial charge in [-0.2, -0.15) is 5.10 Å². The number of esters is 1. The monoisotopic (exact) mass is 271 g/mol. The summed E-state index contributed by atoms with van der Waals surface area (Å²) < 4.78 is 7.18. The molecule has 1 aromatic carbocycles. The smallest absolute Gasteiger partial charge is 0.324 e. The molecule has 20 heavy (non-hydrogen) atoms. The van der Waals surface area contributed by atoms with Gasteiger partial charge in [0.25, 0.3) is 0 Å². The SMILES string of the molecule is CCCCC1(Cn2cncn2)C(=O)Oc2ccccc21. The lowest BCUT2D eigenvalue weighted by Crippen LogP contribution is -2.38. The van der Waals surface area contributed by atoms with Crippen molar-refractivity contribution in [3.05, 3.63) is 42.5 Å².